The molecule has 0 saturated carbocycles. The van der Waals surface area contributed by atoms with Crippen molar-refractivity contribution in [2.75, 3.05) is 40.3 Å². The average molecular weight is 441 g/mol. The number of thiophene rings is 1. The molecule has 0 aliphatic carbocycles. The molecule has 0 N–H and O–H groups in total. The molecule has 0 radical (unpaired) electrons. The Bertz CT molecular complexity index is 781. The number of amides is 2. The first-order valence-corrected chi connectivity index (χ1v) is 9.89. The third-order valence-corrected chi connectivity index (χ3v) is 5.83. The summed E-state index contributed by atoms with van der Waals surface area (Å²) in [5.74, 6) is -0.227. The summed E-state index contributed by atoms with van der Waals surface area (Å²) in [6.07, 6.45) is 1.54. The number of aromatic nitrogens is 3. The van der Waals surface area contributed by atoms with Gasteiger partial charge in [0.05, 0.1) is 9.98 Å². The third-order valence-electron chi connectivity index (χ3n) is 4.22. The molecule has 140 valence electrons. The number of carbonyl (C=O) groups is 2. The molecule has 0 aromatic carbocycles. The van der Waals surface area contributed by atoms with Gasteiger partial charge in [-0.2, -0.15) is 0 Å². The fourth-order valence-electron chi connectivity index (χ4n) is 2.68. The van der Waals surface area contributed by atoms with Crippen molar-refractivity contribution < 1.29 is 9.59 Å². The van der Waals surface area contributed by atoms with E-state index in [-0.39, 0.29) is 24.1 Å². The number of hydrogen-bond acceptors (Lipinski definition) is 6. The van der Waals surface area contributed by atoms with Crippen LogP contribution in [-0.4, -0.2) is 81.8 Å². The van der Waals surface area contributed by atoms with Crippen molar-refractivity contribution in [3.05, 3.63) is 32.7 Å². The summed E-state index contributed by atoms with van der Waals surface area (Å²) in [7, 11) is 3.36. The largest absolute Gasteiger partial charge is 0.347 e. The molecule has 2 amide bonds. The fraction of sp³-hybridized carbons (Fsp3) is 0.500. The summed E-state index contributed by atoms with van der Waals surface area (Å²) < 4.78 is 2.54. The van der Waals surface area contributed by atoms with Gasteiger partial charge in [0.15, 0.2) is 5.69 Å². The van der Waals surface area contributed by atoms with E-state index in [9.17, 15) is 9.59 Å². The Morgan fingerprint density at radius 2 is 1.96 bits per heavy atom. The third kappa shape index (κ3) is 4.68. The molecule has 0 unspecified atom stereocenters. The maximum atomic E-state index is 12.6. The number of hydrogen-bond donors (Lipinski definition) is 0. The zero-order valence-corrected chi connectivity index (χ0v) is 17.2. The van der Waals surface area contributed by atoms with E-state index in [1.807, 2.05) is 0 Å². The number of halogens is 1. The second-order valence-corrected chi connectivity index (χ2v) is 8.91. The Balaban J connectivity index is 1.52. The molecule has 2 aromatic heterocycles. The van der Waals surface area contributed by atoms with Gasteiger partial charge in [-0.15, -0.1) is 16.4 Å². The number of likely N-dealkylation sites (N-methyl/N-ethyl adjacent to an activating group) is 1. The molecule has 2 aromatic rings. The Hall–Kier alpha value is -1.78. The lowest BCUT2D eigenvalue weighted by atomic mass is 10.2. The van der Waals surface area contributed by atoms with E-state index in [1.54, 1.807) is 36.5 Å². The van der Waals surface area contributed by atoms with Gasteiger partial charge in [0.25, 0.3) is 5.91 Å². The second kappa shape index (κ2) is 8.28. The predicted octanol–water partition coefficient (Wildman–Crippen LogP) is 1.15. The van der Waals surface area contributed by atoms with Gasteiger partial charge in [-0.1, -0.05) is 5.21 Å². The maximum absolute atomic E-state index is 12.6. The Labute approximate surface area is 164 Å². The number of piperazine rings is 1. The lowest BCUT2D eigenvalue weighted by Gasteiger charge is -2.34. The molecule has 1 aliphatic rings. The molecule has 1 aliphatic heterocycles. The van der Waals surface area contributed by atoms with E-state index in [4.69, 9.17) is 0 Å². The minimum atomic E-state index is -0.132. The van der Waals surface area contributed by atoms with Crippen LogP contribution in [0.5, 0.6) is 0 Å². The van der Waals surface area contributed by atoms with Crippen LogP contribution in [0.1, 0.15) is 15.4 Å². The van der Waals surface area contributed by atoms with Gasteiger partial charge in [0.1, 0.15) is 6.54 Å². The molecule has 1 saturated heterocycles. The van der Waals surface area contributed by atoms with Crippen LogP contribution in [0.4, 0.5) is 0 Å². The first-order chi connectivity index (χ1) is 12.4. The summed E-state index contributed by atoms with van der Waals surface area (Å²) >= 11 is 5.22. The summed E-state index contributed by atoms with van der Waals surface area (Å²) in [6.45, 7) is 3.96. The predicted molar refractivity (Wildman–Crippen MR) is 102 cm³/mol. The second-order valence-electron chi connectivity index (χ2n) is 6.36. The number of carbonyl (C=O) groups excluding carboxylic acids is 2. The van der Waals surface area contributed by atoms with Crippen LogP contribution in [0.2, 0.25) is 0 Å². The average Bonchev–Trinajstić information content (AvgIpc) is 3.24. The van der Waals surface area contributed by atoms with Gasteiger partial charge in [-0.05, 0) is 28.1 Å². The van der Waals surface area contributed by atoms with Gasteiger partial charge >= 0.3 is 0 Å². The highest BCUT2D eigenvalue weighted by molar-refractivity contribution is 9.11. The van der Waals surface area contributed by atoms with Crippen LogP contribution in [0, 0.1) is 0 Å². The highest BCUT2D eigenvalue weighted by atomic mass is 79.9. The standard InChI is InChI=1S/C16H21BrN6O2S/c1-20(2)15(24)11-23-10-13(18-19-23)16(25)22-7-5-21(6-8-22)9-12-3-4-14(17)26-12/h3-4,10H,5-9,11H2,1-2H3. The molecule has 0 bridgehead atoms. The van der Waals surface area contributed by atoms with Crippen molar-refractivity contribution in [2.45, 2.75) is 13.1 Å². The molecule has 3 heterocycles. The minimum absolute atomic E-state index is 0.0808. The quantitative estimate of drug-likeness (QED) is 0.696. The topological polar surface area (TPSA) is 74.6 Å². The van der Waals surface area contributed by atoms with Gasteiger partial charge < -0.3 is 9.80 Å². The minimum Gasteiger partial charge on any atom is -0.347 e. The van der Waals surface area contributed by atoms with Crippen molar-refractivity contribution in [1.29, 1.82) is 0 Å². The van der Waals surface area contributed by atoms with Crippen molar-refractivity contribution in [2.24, 2.45) is 0 Å². The molecule has 3 rings (SSSR count). The van der Waals surface area contributed by atoms with Crippen molar-refractivity contribution in [1.82, 2.24) is 29.7 Å². The first-order valence-electron chi connectivity index (χ1n) is 8.28. The van der Waals surface area contributed by atoms with Gasteiger partial charge in [-0.3, -0.25) is 14.5 Å². The lowest BCUT2D eigenvalue weighted by Crippen LogP contribution is -2.48. The zero-order valence-electron chi connectivity index (χ0n) is 14.8. The van der Waals surface area contributed by atoms with E-state index in [0.29, 0.717) is 13.1 Å². The van der Waals surface area contributed by atoms with E-state index in [2.05, 4.69) is 43.3 Å². The molecular weight excluding hydrogens is 420 g/mol. The summed E-state index contributed by atoms with van der Waals surface area (Å²) in [6, 6.07) is 4.18. The Morgan fingerprint density at radius 1 is 1.23 bits per heavy atom. The molecule has 0 atom stereocenters. The van der Waals surface area contributed by atoms with E-state index in [1.165, 1.54) is 14.5 Å². The van der Waals surface area contributed by atoms with Gasteiger partial charge in [0.2, 0.25) is 5.91 Å². The maximum Gasteiger partial charge on any atom is 0.276 e. The SMILES string of the molecule is CN(C)C(=O)Cn1cc(C(=O)N2CCN(Cc3ccc(Br)s3)CC2)nn1. The molecule has 8 nitrogen and oxygen atoms in total. The summed E-state index contributed by atoms with van der Waals surface area (Å²) in [5, 5.41) is 7.81. The highest BCUT2D eigenvalue weighted by Gasteiger charge is 2.24. The van der Waals surface area contributed by atoms with Crippen molar-refractivity contribution in [3.63, 3.8) is 0 Å². The van der Waals surface area contributed by atoms with Crippen molar-refractivity contribution >= 4 is 39.1 Å². The zero-order chi connectivity index (χ0) is 18.7. The monoisotopic (exact) mass is 440 g/mol. The molecular formula is C16H21BrN6O2S. The molecule has 10 heteroatoms. The van der Waals surface area contributed by atoms with E-state index in [0.717, 1.165) is 23.4 Å². The lowest BCUT2D eigenvalue weighted by molar-refractivity contribution is -0.129. The van der Waals surface area contributed by atoms with Crippen LogP contribution in [0.25, 0.3) is 0 Å². The van der Waals surface area contributed by atoms with Crippen LogP contribution >= 0.6 is 27.3 Å². The summed E-state index contributed by atoms with van der Waals surface area (Å²) in [4.78, 5) is 31.2. The molecule has 1 fully saturated rings. The van der Waals surface area contributed by atoms with Crippen molar-refractivity contribution in [3.8, 4) is 0 Å². The normalized spacial score (nSPS) is 15.3. The van der Waals surface area contributed by atoms with Crippen LogP contribution < -0.4 is 0 Å². The Morgan fingerprint density at radius 3 is 2.58 bits per heavy atom. The van der Waals surface area contributed by atoms with E-state index < -0.39 is 0 Å². The van der Waals surface area contributed by atoms with E-state index >= 15 is 0 Å². The van der Waals surface area contributed by atoms with Crippen LogP contribution in [0.3, 0.4) is 0 Å². The smallest absolute Gasteiger partial charge is 0.276 e. The van der Waals surface area contributed by atoms with Gasteiger partial charge in [0, 0.05) is 51.7 Å². The number of rotatable bonds is 5. The van der Waals surface area contributed by atoms with Crippen LogP contribution in [-0.2, 0) is 17.9 Å². The van der Waals surface area contributed by atoms with Gasteiger partial charge in [-0.25, -0.2) is 4.68 Å². The molecule has 26 heavy (non-hydrogen) atoms. The fourth-order valence-corrected chi connectivity index (χ4v) is 4.21. The molecule has 0 spiro atoms. The Kier molecular flexibility index (Phi) is 6.05. The highest BCUT2D eigenvalue weighted by Crippen LogP contribution is 2.23. The number of nitrogens with zero attached hydrogens (tertiary/aromatic N) is 6. The first kappa shape index (κ1) is 19.0. The van der Waals surface area contributed by atoms with Crippen LogP contribution in [0.15, 0.2) is 22.1 Å². The summed E-state index contributed by atoms with van der Waals surface area (Å²) in [5.41, 5.74) is 0.284.